The van der Waals surface area contributed by atoms with E-state index < -0.39 is 12.1 Å². The minimum atomic E-state index is -4.04. The third-order valence-electron chi connectivity index (χ3n) is 4.84. The molecule has 0 aromatic heterocycles. The van der Waals surface area contributed by atoms with Gasteiger partial charge in [0.25, 0.3) is 0 Å². The molecule has 3 atom stereocenters. The van der Waals surface area contributed by atoms with Crippen LogP contribution >= 0.6 is 0 Å². The van der Waals surface area contributed by atoms with Crippen LogP contribution in [0.25, 0.3) is 0 Å². The molecule has 0 spiro atoms. The van der Waals surface area contributed by atoms with Gasteiger partial charge < -0.3 is 5.32 Å². The first kappa shape index (κ1) is 15.1. The molecule has 2 saturated carbocycles. The quantitative estimate of drug-likeness (QED) is 0.773. The Morgan fingerprint density at radius 2 is 1.68 bits per heavy atom. The lowest BCUT2D eigenvalue weighted by Gasteiger charge is -2.41. The summed E-state index contributed by atoms with van der Waals surface area (Å²) in [5, 5.41) is 3.35. The zero-order chi connectivity index (χ0) is 14.1. The summed E-state index contributed by atoms with van der Waals surface area (Å²) in [6.45, 7) is 4.45. The molecule has 0 aromatic carbocycles. The second-order valence-corrected chi connectivity index (χ2v) is 7.16. The molecule has 2 fully saturated rings. The molecule has 2 rings (SSSR count). The number of hydrogen-bond acceptors (Lipinski definition) is 1. The van der Waals surface area contributed by atoms with Crippen molar-refractivity contribution in [2.45, 2.75) is 83.5 Å². The van der Waals surface area contributed by atoms with E-state index in [0.717, 1.165) is 32.1 Å². The fourth-order valence-corrected chi connectivity index (χ4v) is 3.87. The number of halogens is 3. The van der Waals surface area contributed by atoms with E-state index in [-0.39, 0.29) is 17.5 Å². The van der Waals surface area contributed by atoms with E-state index in [1.807, 2.05) is 0 Å². The van der Waals surface area contributed by atoms with Gasteiger partial charge in [0.05, 0.1) is 5.92 Å². The van der Waals surface area contributed by atoms with Crippen molar-refractivity contribution in [2.24, 2.45) is 11.3 Å². The van der Waals surface area contributed by atoms with Crippen molar-refractivity contribution in [3.63, 3.8) is 0 Å². The van der Waals surface area contributed by atoms with E-state index in [1.54, 1.807) is 0 Å². The van der Waals surface area contributed by atoms with Crippen LogP contribution in [0.1, 0.15) is 65.2 Å². The van der Waals surface area contributed by atoms with Crippen LogP contribution in [-0.2, 0) is 0 Å². The average Bonchev–Trinajstić information content (AvgIpc) is 2.26. The predicted molar refractivity (Wildman–Crippen MR) is 71.0 cm³/mol. The molecule has 3 unspecified atom stereocenters. The van der Waals surface area contributed by atoms with Crippen molar-refractivity contribution >= 4 is 0 Å². The first-order chi connectivity index (χ1) is 8.78. The highest BCUT2D eigenvalue weighted by Crippen LogP contribution is 2.40. The van der Waals surface area contributed by atoms with Crippen LogP contribution in [0, 0.1) is 11.3 Å². The van der Waals surface area contributed by atoms with Gasteiger partial charge >= 0.3 is 6.18 Å². The largest absolute Gasteiger partial charge is 0.393 e. The molecule has 2 aliphatic rings. The van der Waals surface area contributed by atoms with Crippen molar-refractivity contribution in [3.8, 4) is 0 Å². The van der Waals surface area contributed by atoms with Gasteiger partial charge in [0.2, 0.25) is 0 Å². The lowest BCUT2D eigenvalue weighted by atomic mass is 9.74. The summed E-state index contributed by atoms with van der Waals surface area (Å²) in [6.07, 6.45) is 2.96. The maximum absolute atomic E-state index is 13.1. The summed E-state index contributed by atoms with van der Waals surface area (Å²) < 4.78 is 39.2. The zero-order valence-corrected chi connectivity index (χ0v) is 12.0. The molecule has 112 valence electrons. The van der Waals surface area contributed by atoms with Crippen molar-refractivity contribution < 1.29 is 13.2 Å². The van der Waals surface area contributed by atoms with Gasteiger partial charge in [0.15, 0.2) is 0 Å². The second kappa shape index (κ2) is 5.63. The molecule has 0 bridgehead atoms. The molecule has 1 nitrogen and oxygen atoms in total. The SMILES string of the molecule is CC1(C)CCCC(NC2CCCCC2C(F)(F)F)C1. The standard InChI is InChI=1S/C15H26F3N/c1-14(2)9-5-6-11(10-14)19-13-8-4-3-7-12(13)15(16,17)18/h11-13,19H,3-10H2,1-2H3. The van der Waals surface area contributed by atoms with Gasteiger partial charge in [-0.25, -0.2) is 0 Å². The average molecular weight is 277 g/mol. The molecule has 1 N–H and O–H groups in total. The Labute approximate surface area is 114 Å². The van der Waals surface area contributed by atoms with Crippen molar-refractivity contribution in [1.29, 1.82) is 0 Å². The molecule has 0 heterocycles. The summed E-state index contributed by atoms with van der Waals surface area (Å²) in [4.78, 5) is 0. The van der Waals surface area contributed by atoms with Crippen LogP contribution in [0.2, 0.25) is 0 Å². The van der Waals surface area contributed by atoms with E-state index in [2.05, 4.69) is 19.2 Å². The lowest BCUT2D eigenvalue weighted by molar-refractivity contribution is -0.189. The molecular formula is C15H26F3N. The monoisotopic (exact) mass is 277 g/mol. The predicted octanol–water partition coefficient (Wildman–Crippen LogP) is 4.67. The van der Waals surface area contributed by atoms with E-state index in [9.17, 15) is 13.2 Å². The van der Waals surface area contributed by atoms with Crippen molar-refractivity contribution in [1.82, 2.24) is 5.32 Å². The molecule has 2 aliphatic carbocycles. The van der Waals surface area contributed by atoms with Crippen LogP contribution in [0.5, 0.6) is 0 Å². The lowest BCUT2D eigenvalue weighted by Crippen LogP contribution is -2.51. The zero-order valence-electron chi connectivity index (χ0n) is 12.0. The highest BCUT2D eigenvalue weighted by atomic mass is 19.4. The maximum atomic E-state index is 13.1. The summed E-state index contributed by atoms with van der Waals surface area (Å²) >= 11 is 0. The van der Waals surface area contributed by atoms with E-state index >= 15 is 0 Å². The highest BCUT2D eigenvalue weighted by molar-refractivity contribution is 4.91. The fourth-order valence-electron chi connectivity index (χ4n) is 3.87. The molecule has 0 radical (unpaired) electrons. The minimum Gasteiger partial charge on any atom is -0.311 e. The van der Waals surface area contributed by atoms with Gasteiger partial charge in [-0.2, -0.15) is 13.2 Å². The Morgan fingerprint density at radius 3 is 2.32 bits per heavy atom. The second-order valence-electron chi connectivity index (χ2n) is 7.16. The minimum absolute atomic E-state index is 0.275. The van der Waals surface area contributed by atoms with Gasteiger partial charge in [-0.05, 0) is 37.5 Å². The van der Waals surface area contributed by atoms with Gasteiger partial charge in [-0.15, -0.1) is 0 Å². The Morgan fingerprint density at radius 1 is 1.00 bits per heavy atom. The highest BCUT2D eigenvalue weighted by Gasteiger charge is 2.46. The summed E-state index contributed by atoms with van der Waals surface area (Å²) in [7, 11) is 0. The topological polar surface area (TPSA) is 12.0 Å². The Balaban J connectivity index is 1.96. The molecule has 0 aliphatic heterocycles. The van der Waals surface area contributed by atoms with Crippen molar-refractivity contribution in [2.75, 3.05) is 0 Å². The molecule has 0 saturated heterocycles. The van der Waals surface area contributed by atoms with Crippen LogP contribution in [0.4, 0.5) is 13.2 Å². The smallest absolute Gasteiger partial charge is 0.311 e. The number of alkyl halides is 3. The van der Waals surface area contributed by atoms with Gasteiger partial charge in [0, 0.05) is 12.1 Å². The Hall–Kier alpha value is -0.250. The van der Waals surface area contributed by atoms with Crippen LogP contribution in [-0.4, -0.2) is 18.3 Å². The van der Waals surface area contributed by atoms with E-state index in [1.165, 1.54) is 6.42 Å². The summed E-state index contributed by atoms with van der Waals surface area (Å²) in [5.74, 6) is -1.13. The summed E-state index contributed by atoms with van der Waals surface area (Å²) in [6, 6.07) is -0.0793. The van der Waals surface area contributed by atoms with Crippen LogP contribution in [0.3, 0.4) is 0 Å². The molecular weight excluding hydrogens is 251 g/mol. The Bertz CT molecular complexity index is 298. The first-order valence-electron chi connectivity index (χ1n) is 7.61. The molecule has 4 heteroatoms. The van der Waals surface area contributed by atoms with Crippen molar-refractivity contribution in [3.05, 3.63) is 0 Å². The molecule has 19 heavy (non-hydrogen) atoms. The van der Waals surface area contributed by atoms with Gasteiger partial charge in [-0.3, -0.25) is 0 Å². The van der Waals surface area contributed by atoms with Crippen LogP contribution < -0.4 is 5.32 Å². The molecule has 0 aromatic rings. The van der Waals surface area contributed by atoms with Crippen LogP contribution in [0.15, 0.2) is 0 Å². The number of hydrogen-bond donors (Lipinski definition) is 1. The normalized spacial score (nSPS) is 36.2. The first-order valence-corrected chi connectivity index (χ1v) is 7.61. The van der Waals surface area contributed by atoms with Gasteiger partial charge in [0.1, 0.15) is 0 Å². The summed E-state index contributed by atoms with van der Waals surface area (Å²) in [5.41, 5.74) is 0.276. The number of nitrogens with one attached hydrogen (secondary N) is 1. The molecule has 0 amide bonds. The van der Waals surface area contributed by atoms with E-state index in [0.29, 0.717) is 12.8 Å². The Kier molecular flexibility index (Phi) is 4.49. The van der Waals surface area contributed by atoms with Gasteiger partial charge in [-0.1, -0.05) is 33.1 Å². The maximum Gasteiger partial charge on any atom is 0.393 e. The third-order valence-corrected chi connectivity index (χ3v) is 4.84. The third kappa shape index (κ3) is 4.11. The van der Waals surface area contributed by atoms with E-state index in [4.69, 9.17) is 0 Å². The number of rotatable bonds is 2. The fraction of sp³-hybridized carbons (Fsp3) is 1.00.